The lowest BCUT2D eigenvalue weighted by Crippen LogP contribution is -2.30. The summed E-state index contributed by atoms with van der Waals surface area (Å²) >= 11 is 0. The highest BCUT2D eigenvalue weighted by Crippen LogP contribution is 2.15. The van der Waals surface area contributed by atoms with Crippen LogP contribution >= 0.6 is 0 Å². The van der Waals surface area contributed by atoms with Crippen LogP contribution in [0.25, 0.3) is 0 Å². The maximum Gasteiger partial charge on any atom is 0.306 e. The molecule has 0 aromatic carbocycles. The Labute approximate surface area is 511 Å². The zero-order valence-corrected chi connectivity index (χ0v) is 53.4. The van der Waals surface area contributed by atoms with E-state index in [4.69, 9.17) is 14.2 Å². The van der Waals surface area contributed by atoms with E-state index in [0.717, 1.165) is 161 Å². The molecule has 0 heterocycles. The number of allylic oxidation sites excluding steroid dienone is 28. The van der Waals surface area contributed by atoms with Gasteiger partial charge in [0, 0.05) is 19.3 Å². The Morgan fingerprint density at radius 2 is 0.434 bits per heavy atom. The summed E-state index contributed by atoms with van der Waals surface area (Å²) in [5, 5.41) is 0. The monoisotopic (exact) mass is 1140 g/mol. The number of esters is 3. The van der Waals surface area contributed by atoms with E-state index in [1.54, 1.807) is 0 Å². The third-order valence-corrected chi connectivity index (χ3v) is 13.7. The molecule has 0 saturated carbocycles. The van der Waals surface area contributed by atoms with Gasteiger partial charge in [0.15, 0.2) is 6.10 Å². The minimum Gasteiger partial charge on any atom is -0.462 e. The summed E-state index contributed by atoms with van der Waals surface area (Å²) in [5.41, 5.74) is 0. The van der Waals surface area contributed by atoms with E-state index in [9.17, 15) is 14.4 Å². The van der Waals surface area contributed by atoms with Gasteiger partial charge in [-0.05, 0) is 148 Å². The molecule has 0 radical (unpaired) electrons. The van der Waals surface area contributed by atoms with E-state index >= 15 is 0 Å². The Bertz CT molecular complexity index is 1890. The van der Waals surface area contributed by atoms with Crippen molar-refractivity contribution in [2.45, 2.75) is 284 Å². The molecule has 6 nitrogen and oxygen atoms in total. The van der Waals surface area contributed by atoms with E-state index in [2.05, 4.69) is 191 Å². The zero-order valence-electron chi connectivity index (χ0n) is 53.4. The topological polar surface area (TPSA) is 78.9 Å². The van der Waals surface area contributed by atoms with E-state index in [0.29, 0.717) is 19.3 Å². The second-order valence-electron chi connectivity index (χ2n) is 21.6. The molecule has 0 fully saturated rings. The first-order valence-electron chi connectivity index (χ1n) is 33.6. The van der Waals surface area contributed by atoms with Crippen LogP contribution in [-0.4, -0.2) is 37.2 Å². The van der Waals surface area contributed by atoms with Crippen LogP contribution < -0.4 is 0 Å². The highest BCUT2D eigenvalue weighted by Gasteiger charge is 2.19. The van der Waals surface area contributed by atoms with Crippen molar-refractivity contribution >= 4 is 17.9 Å². The SMILES string of the molecule is CC/C=C\C/C=C\C/C=C\C/C=C\C/C=C\CCCCCCCCCCCCCCCC(=O)OCC(COC(=O)CCCCCC/C=C\C/C=C\C/C=C\C/C=C\CC)OC(=O)CCCCC/C=C\C/C=C\C/C=C\C/C=C\C/C=C\CC. The molecule has 83 heavy (non-hydrogen) atoms. The molecule has 0 aliphatic heterocycles. The van der Waals surface area contributed by atoms with E-state index in [1.807, 2.05) is 0 Å². The van der Waals surface area contributed by atoms with Gasteiger partial charge in [-0.2, -0.15) is 0 Å². The van der Waals surface area contributed by atoms with Crippen molar-refractivity contribution < 1.29 is 28.6 Å². The highest BCUT2D eigenvalue weighted by molar-refractivity contribution is 5.71. The number of ether oxygens (including phenoxy) is 3. The molecule has 0 bridgehead atoms. The average Bonchev–Trinajstić information content (AvgIpc) is 3.49. The molecular formula is C77H122O6. The van der Waals surface area contributed by atoms with Gasteiger partial charge in [0.05, 0.1) is 0 Å². The van der Waals surface area contributed by atoms with Crippen LogP contribution in [0.3, 0.4) is 0 Å². The number of hydrogen-bond acceptors (Lipinski definition) is 6. The fourth-order valence-electron chi connectivity index (χ4n) is 8.78. The molecule has 0 N–H and O–H groups in total. The van der Waals surface area contributed by atoms with Crippen molar-refractivity contribution in [3.8, 4) is 0 Å². The molecule has 6 heteroatoms. The highest BCUT2D eigenvalue weighted by atomic mass is 16.6. The molecule has 0 aromatic rings. The van der Waals surface area contributed by atoms with E-state index in [-0.39, 0.29) is 37.5 Å². The predicted octanol–water partition coefficient (Wildman–Crippen LogP) is 23.4. The molecule has 0 aromatic heterocycles. The molecule has 1 unspecified atom stereocenters. The van der Waals surface area contributed by atoms with E-state index in [1.165, 1.54) is 70.6 Å². The van der Waals surface area contributed by atoms with Crippen molar-refractivity contribution in [2.24, 2.45) is 0 Å². The Kier molecular flexibility index (Phi) is 64.9. The third-order valence-electron chi connectivity index (χ3n) is 13.7. The molecule has 0 aliphatic rings. The van der Waals surface area contributed by atoms with Gasteiger partial charge in [0.2, 0.25) is 0 Å². The van der Waals surface area contributed by atoms with Crippen molar-refractivity contribution in [1.29, 1.82) is 0 Å². The normalized spacial score (nSPS) is 13.2. The zero-order chi connectivity index (χ0) is 59.9. The molecular weight excluding hydrogens is 1020 g/mol. The third kappa shape index (κ3) is 67.4. The molecule has 0 spiro atoms. The molecule has 466 valence electrons. The minimum atomic E-state index is -0.817. The number of rotatable bonds is 59. The fourth-order valence-corrected chi connectivity index (χ4v) is 8.78. The quantitative estimate of drug-likeness (QED) is 0.0261. The van der Waals surface area contributed by atoms with Gasteiger partial charge in [0.1, 0.15) is 13.2 Å². The van der Waals surface area contributed by atoms with Crippen LogP contribution in [0.5, 0.6) is 0 Å². The molecule has 1 atom stereocenters. The minimum absolute atomic E-state index is 0.107. The lowest BCUT2D eigenvalue weighted by molar-refractivity contribution is -0.167. The number of hydrogen-bond donors (Lipinski definition) is 0. The summed E-state index contributed by atoms with van der Waals surface area (Å²) < 4.78 is 16.9. The lowest BCUT2D eigenvalue weighted by atomic mass is 10.0. The van der Waals surface area contributed by atoms with E-state index < -0.39 is 6.10 Å². The molecule has 0 aliphatic carbocycles. The van der Waals surface area contributed by atoms with Crippen molar-refractivity contribution in [3.05, 3.63) is 170 Å². The smallest absolute Gasteiger partial charge is 0.306 e. The maximum atomic E-state index is 12.9. The van der Waals surface area contributed by atoms with Gasteiger partial charge in [-0.15, -0.1) is 0 Å². The Morgan fingerprint density at radius 1 is 0.241 bits per heavy atom. The Balaban J connectivity index is 4.42. The summed E-state index contributed by atoms with van der Waals surface area (Å²) in [7, 11) is 0. The van der Waals surface area contributed by atoms with Gasteiger partial charge >= 0.3 is 17.9 Å². The summed E-state index contributed by atoms with van der Waals surface area (Å²) in [6, 6.07) is 0. The van der Waals surface area contributed by atoms with Crippen molar-refractivity contribution in [3.63, 3.8) is 0 Å². The summed E-state index contributed by atoms with van der Waals surface area (Å²) in [6.07, 6.45) is 102. The van der Waals surface area contributed by atoms with Gasteiger partial charge in [0.25, 0.3) is 0 Å². The van der Waals surface area contributed by atoms with Gasteiger partial charge in [-0.1, -0.05) is 281 Å². The van der Waals surface area contributed by atoms with Crippen LogP contribution in [0.1, 0.15) is 278 Å². The van der Waals surface area contributed by atoms with Crippen molar-refractivity contribution in [1.82, 2.24) is 0 Å². The first kappa shape index (κ1) is 77.8. The fraction of sp³-hybridized carbons (Fsp3) is 0.597. The van der Waals surface area contributed by atoms with Gasteiger partial charge in [-0.25, -0.2) is 0 Å². The summed E-state index contributed by atoms with van der Waals surface area (Å²) in [6.45, 7) is 6.25. The predicted molar refractivity (Wildman–Crippen MR) is 361 cm³/mol. The van der Waals surface area contributed by atoms with Gasteiger partial charge in [-0.3, -0.25) is 14.4 Å². The second-order valence-corrected chi connectivity index (χ2v) is 21.6. The Morgan fingerprint density at radius 3 is 0.687 bits per heavy atom. The van der Waals surface area contributed by atoms with Crippen LogP contribution in [-0.2, 0) is 28.6 Å². The van der Waals surface area contributed by atoms with Gasteiger partial charge < -0.3 is 14.2 Å². The summed E-state index contributed by atoms with van der Waals surface area (Å²) in [4.78, 5) is 38.4. The number of unbranched alkanes of at least 4 members (excludes halogenated alkanes) is 20. The Hall–Kier alpha value is -5.23. The first-order valence-corrected chi connectivity index (χ1v) is 33.6. The van der Waals surface area contributed by atoms with Crippen molar-refractivity contribution in [2.75, 3.05) is 13.2 Å². The lowest BCUT2D eigenvalue weighted by Gasteiger charge is -2.18. The average molecular weight is 1140 g/mol. The standard InChI is InChI=1S/C77H122O6/c1-4-7-10-13-16-19-22-25-28-31-33-34-35-36-37-38-39-40-41-42-44-46-49-52-55-58-61-64-67-70-76(79)82-73-74(72-81-75(78)69-66-63-60-57-54-51-48-45-30-27-24-21-18-15-12-9-6-3)83-77(80)71-68-65-62-59-56-53-50-47-43-32-29-26-23-20-17-14-11-8-5-2/h7-12,16-21,25-30,33-34,36-37,43,47-48,51,53,56,74H,4-6,13-15,22-24,31-32,35,38-42,44-46,49-50,52,54-55,57-73H2,1-3H3/b10-7-,11-8-,12-9-,19-16-,20-17-,21-18-,28-25-,29-26-,30-27-,34-33-,37-36-,47-43-,51-48-,56-53-. The van der Waals surface area contributed by atoms with Crippen LogP contribution in [0.2, 0.25) is 0 Å². The number of carbonyl (C=O) groups is 3. The maximum absolute atomic E-state index is 12.9. The second kappa shape index (κ2) is 69.3. The summed E-state index contributed by atoms with van der Waals surface area (Å²) in [5.74, 6) is -0.966. The van der Waals surface area contributed by atoms with Crippen LogP contribution in [0, 0.1) is 0 Å². The largest absolute Gasteiger partial charge is 0.462 e. The van der Waals surface area contributed by atoms with Crippen LogP contribution in [0.4, 0.5) is 0 Å². The first-order chi connectivity index (χ1) is 41.0. The molecule has 0 amide bonds. The van der Waals surface area contributed by atoms with Crippen LogP contribution in [0.15, 0.2) is 170 Å². The molecule has 0 rings (SSSR count). The molecule has 0 saturated heterocycles. The number of carbonyl (C=O) groups excluding carboxylic acids is 3.